The molecule has 1 heterocycles. The normalized spacial score (nSPS) is 26.3. The van der Waals surface area contributed by atoms with Crippen LogP contribution in [0.4, 0.5) is 4.39 Å². The van der Waals surface area contributed by atoms with Crippen LogP contribution >= 0.6 is 15.9 Å². The van der Waals surface area contributed by atoms with Crippen molar-refractivity contribution < 1.29 is 23.1 Å². The van der Waals surface area contributed by atoms with Gasteiger partial charge in [0.1, 0.15) is 11.6 Å². The summed E-state index contributed by atoms with van der Waals surface area (Å²) in [5, 5.41) is 0.0461. The monoisotopic (exact) mass is 606 g/mol. The molecule has 0 amide bonds. The third kappa shape index (κ3) is 7.66. The molecule has 1 saturated heterocycles. The Balaban J connectivity index is 1.98. The van der Waals surface area contributed by atoms with Crippen LogP contribution in [0.25, 0.3) is 0 Å². The van der Waals surface area contributed by atoms with Crippen LogP contribution in [-0.2, 0) is 18.7 Å². The van der Waals surface area contributed by atoms with Gasteiger partial charge in [0.25, 0.3) is 0 Å². The van der Waals surface area contributed by atoms with Crippen LogP contribution in [0, 0.1) is 29.5 Å². The molecular weight excluding hydrogens is 563 g/mol. The smallest absolute Gasteiger partial charge is 0.192 e. The van der Waals surface area contributed by atoms with Crippen LogP contribution in [-0.4, -0.2) is 39.2 Å². The topological polar surface area (TPSA) is 44.8 Å². The van der Waals surface area contributed by atoms with Crippen molar-refractivity contribution in [2.45, 2.75) is 109 Å². The molecule has 4 nitrogen and oxygen atoms in total. The first-order chi connectivity index (χ1) is 17.9. The van der Waals surface area contributed by atoms with Crippen molar-refractivity contribution in [2.75, 3.05) is 6.61 Å². The highest BCUT2D eigenvalue weighted by atomic mass is 79.9. The summed E-state index contributed by atoms with van der Waals surface area (Å²) in [6.45, 7) is 15.8. The van der Waals surface area contributed by atoms with Gasteiger partial charge in [-0.2, -0.15) is 0 Å². The molecule has 0 bridgehead atoms. The minimum Gasteiger partial charge on any atom is -0.410 e. The maximum absolute atomic E-state index is 15.3. The molecule has 4 unspecified atom stereocenters. The lowest BCUT2D eigenvalue weighted by Gasteiger charge is -2.40. The Bertz CT molecular complexity index is 1050. The third-order valence-electron chi connectivity index (χ3n) is 8.27. The number of Topliss-reactive ketones (excluding diaryl/α,β-unsaturated/α-hetero) is 1. The zero-order chi connectivity index (χ0) is 28.1. The largest absolute Gasteiger partial charge is 0.410 e. The zero-order valence-corrected chi connectivity index (χ0v) is 26.6. The predicted octanol–water partition coefficient (Wildman–Crippen LogP) is 8.17. The van der Waals surface area contributed by atoms with Crippen molar-refractivity contribution in [3.8, 4) is 11.8 Å². The van der Waals surface area contributed by atoms with E-state index < -0.39 is 14.2 Å². The van der Waals surface area contributed by atoms with Crippen LogP contribution in [0.15, 0.2) is 34.8 Å². The lowest BCUT2D eigenvalue weighted by atomic mass is 9.86. The molecule has 1 saturated carbocycles. The first-order valence-electron chi connectivity index (χ1n) is 13.8. The lowest BCUT2D eigenvalue weighted by molar-refractivity contribution is -0.191. The number of benzene rings is 1. The Morgan fingerprint density at radius 1 is 1.29 bits per heavy atom. The fourth-order valence-electron chi connectivity index (χ4n) is 4.90. The van der Waals surface area contributed by atoms with Crippen molar-refractivity contribution in [3.05, 3.63) is 46.2 Å². The Morgan fingerprint density at radius 3 is 2.66 bits per heavy atom. The summed E-state index contributed by atoms with van der Waals surface area (Å²) in [5.41, 5.74) is 0.404. The molecule has 1 aliphatic heterocycles. The molecule has 0 radical (unpaired) electrons. The average molecular weight is 608 g/mol. The van der Waals surface area contributed by atoms with E-state index in [2.05, 4.69) is 80.7 Å². The first kappa shape index (κ1) is 31.2. The van der Waals surface area contributed by atoms with Crippen molar-refractivity contribution in [1.29, 1.82) is 0 Å². The molecule has 0 N–H and O–H groups in total. The van der Waals surface area contributed by atoms with Gasteiger partial charge in [0.05, 0.1) is 22.6 Å². The summed E-state index contributed by atoms with van der Waals surface area (Å²) in [7, 11) is -2.09. The number of hydrogen-bond acceptors (Lipinski definition) is 4. The summed E-state index contributed by atoms with van der Waals surface area (Å²) in [5.74, 6) is 5.00. The molecule has 38 heavy (non-hydrogen) atoms. The Labute approximate surface area is 238 Å². The van der Waals surface area contributed by atoms with Gasteiger partial charge in [-0.15, -0.1) is 11.8 Å². The standard InChI is InChI=1S/C31H44BrFO4Si/c1-8-9-13-21(2)26(37-38(6,7)31(3,4)5)18-17-22-27(36-28-16-10-11-19-35-28)20-25(34)29(22)23-14-12-15-24(32)30(23)33/h12,14-15,17-18,21-22,26-29H,10-11,13,16,19-20H2,1-7H3/b18-17+/t21?,22?,26-,27?,28?,29+/m1/s1. The highest BCUT2D eigenvalue weighted by Gasteiger charge is 2.45. The Morgan fingerprint density at radius 2 is 2.03 bits per heavy atom. The second-order valence-electron chi connectivity index (χ2n) is 12.2. The van der Waals surface area contributed by atoms with Crippen molar-refractivity contribution >= 4 is 30.0 Å². The van der Waals surface area contributed by atoms with Crippen LogP contribution in [0.5, 0.6) is 0 Å². The van der Waals surface area contributed by atoms with E-state index in [1.807, 2.05) is 6.92 Å². The maximum atomic E-state index is 15.3. The number of ketones is 1. The molecule has 2 fully saturated rings. The Hall–Kier alpha value is -1.30. The molecule has 6 atom stereocenters. The van der Waals surface area contributed by atoms with Crippen molar-refractivity contribution in [3.63, 3.8) is 0 Å². The summed E-state index contributed by atoms with van der Waals surface area (Å²) in [6, 6.07) is 5.16. The van der Waals surface area contributed by atoms with Gasteiger partial charge >= 0.3 is 0 Å². The molecule has 1 aromatic rings. The molecule has 3 rings (SSSR count). The molecule has 7 heteroatoms. The number of halogens is 2. The van der Waals surface area contributed by atoms with E-state index in [0.717, 1.165) is 19.3 Å². The highest BCUT2D eigenvalue weighted by molar-refractivity contribution is 9.10. The molecular formula is C31H44BrFO4Si. The van der Waals surface area contributed by atoms with Gasteiger partial charge in [-0.3, -0.25) is 4.79 Å². The fraction of sp³-hybridized carbons (Fsp3) is 0.645. The van der Waals surface area contributed by atoms with Crippen LogP contribution < -0.4 is 0 Å². The second-order valence-corrected chi connectivity index (χ2v) is 17.8. The van der Waals surface area contributed by atoms with E-state index in [4.69, 9.17) is 13.9 Å². The summed E-state index contributed by atoms with van der Waals surface area (Å²) in [4.78, 5) is 13.4. The van der Waals surface area contributed by atoms with E-state index in [-0.39, 0.29) is 53.4 Å². The molecule has 1 aliphatic carbocycles. The minimum atomic E-state index is -2.09. The van der Waals surface area contributed by atoms with Gasteiger partial charge in [-0.25, -0.2) is 4.39 Å². The number of ether oxygens (including phenoxy) is 2. The number of rotatable bonds is 9. The van der Waals surface area contributed by atoms with Gasteiger partial charge < -0.3 is 13.9 Å². The second kappa shape index (κ2) is 13.4. The van der Waals surface area contributed by atoms with Gasteiger partial charge in [0, 0.05) is 30.9 Å². The van der Waals surface area contributed by atoms with Gasteiger partial charge in [0.15, 0.2) is 14.6 Å². The van der Waals surface area contributed by atoms with Gasteiger partial charge in [0.2, 0.25) is 0 Å². The Kier molecular flexibility index (Phi) is 11.0. The molecule has 0 aromatic heterocycles. The van der Waals surface area contributed by atoms with E-state index in [0.29, 0.717) is 23.1 Å². The van der Waals surface area contributed by atoms with E-state index in [9.17, 15) is 4.79 Å². The molecule has 0 spiro atoms. The minimum absolute atomic E-state index is 0.00998. The van der Waals surface area contributed by atoms with E-state index in [1.54, 1.807) is 18.2 Å². The van der Waals surface area contributed by atoms with Crippen LogP contribution in [0.3, 0.4) is 0 Å². The quantitative estimate of drug-likeness (QED) is 0.161. The molecule has 1 aromatic carbocycles. The molecule has 210 valence electrons. The SMILES string of the molecule is CC#CCC(C)[C@@H](/C=C/C1C(OC2CCCCO2)CC(=O)[C@@H]1c1cccc(Br)c1F)O[Si](C)(C)C(C)(C)C. The zero-order valence-electron chi connectivity index (χ0n) is 24.0. The summed E-state index contributed by atoms with van der Waals surface area (Å²) < 4.78 is 34.7. The van der Waals surface area contributed by atoms with Crippen LogP contribution in [0.2, 0.25) is 18.1 Å². The lowest BCUT2D eigenvalue weighted by Crippen LogP contribution is -2.45. The first-order valence-corrected chi connectivity index (χ1v) is 17.5. The maximum Gasteiger partial charge on any atom is 0.192 e. The molecule has 2 aliphatic rings. The van der Waals surface area contributed by atoms with Crippen molar-refractivity contribution in [2.24, 2.45) is 11.8 Å². The van der Waals surface area contributed by atoms with E-state index >= 15 is 4.39 Å². The van der Waals surface area contributed by atoms with Gasteiger partial charge in [-0.1, -0.05) is 52.0 Å². The summed E-state index contributed by atoms with van der Waals surface area (Å²) >= 11 is 3.30. The third-order valence-corrected chi connectivity index (χ3v) is 13.4. The predicted molar refractivity (Wildman–Crippen MR) is 157 cm³/mol. The fourth-order valence-corrected chi connectivity index (χ4v) is 6.62. The number of hydrogen-bond donors (Lipinski definition) is 0. The number of carbonyl (C=O) groups is 1. The number of carbonyl (C=O) groups excluding carboxylic acids is 1. The average Bonchev–Trinajstić information content (AvgIpc) is 3.15. The summed E-state index contributed by atoms with van der Waals surface area (Å²) in [6.07, 6.45) is 7.06. The van der Waals surface area contributed by atoms with Gasteiger partial charge in [-0.05, 0) is 72.2 Å². The van der Waals surface area contributed by atoms with Crippen LogP contribution in [0.1, 0.15) is 78.2 Å². The van der Waals surface area contributed by atoms with Crippen molar-refractivity contribution in [1.82, 2.24) is 0 Å². The highest BCUT2D eigenvalue weighted by Crippen LogP contribution is 2.43. The van der Waals surface area contributed by atoms with E-state index in [1.165, 1.54) is 0 Å².